The van der Waals surface area contributed by atoms with Crippen molar-refractivity contribution < 1.29 is 4.79 Å². The van der Waals surface area contributed by atoms with Gasteiger partial charge in [0, 0.05) is 16.2 Å². The molecule has 0 bridgehead atoms. The highest BCUT2D eigenvalue weighted by molar-refractivity contribution is 7.98. The van der Waals surface area contributed by atoms with Crippen LogP contribution in [0.25, 0.3) is 16.9 Å². The van der Waals surface area contributed by atoms with Crippen molar-refractivity contribution >= 4 is 29.5 Å². The molecule has 29 heavy (non-hydrogen) atoms. The minimum absolute atomic E-state index is 0.353. The molecule has 4 aromatic rings. The van der Waals surface area contributed by atoms with Gasteiger partial charge in [0.2, 0.25) is 0 Å². The first-order chi connectivity index (χ1) is 14.2. The number of benzene rings is 2. The largest absolute Gasteiger partial charge is 0.276 e. The van der Waals surface area contributed by atoms with Crippen molar-refractivity contribution in [3.05, 3.63) is 83.7 Å². The Morgan fingerprint density at radius 3 is 2.62 bits per heavy atom. The van der Waals surface area contributed by atoms with Crippen molar-refractivity contribution in [3.8, 4) is 11.3 Å². The van der Waals surface area contributed by atoms with Crippen molar-refractivity contribution in [3.63, 3.8) is 0 Å². The third-order valence-electron chi connectivity index (χ3n) is 4.46. The van der Waals surface area contributed by atoms with Gasteiger partial charge in [-0.1, -0.05) is 42.5 Å². The number of aromatic nitrogens is 3. The fourth-order valence-electron chi connectivity index (χ4n) is 2.95. The number of hydrogen-bond acceptors (Lipinski definition) is 5. The standard InChI is InChI=1S/C22H19N5OS/c1-15-12-20(17-6-4-3-5-7-17)25-21-19(14-24-27(15)21)22(28)26-23-13-16-8-10-18(29-2)11-9-16/h3-14H,1-2H3,(H,26,28)/b23-13+. The van der Waals surface area contributed by atoms with E-state index in [1.165, 1.54) is 11.1 Å². The molecule has 1 amide bonds. The van der Waals surface area contributed by atoms with Crippen molar-refractivity contribution in [1.82, 2.24) is 20.0 Å². The number of nitrogens with zero attached hydrogens (tertiary/aromatic N) is 4. The third-order valence-corrected chi connectivity index (χ3v) is 5.20. The molecular weight excluding hydrogens is 382 g/mol. The number of thioether (sulfide) groups is 1. The van der Waals surface area contributed by atoms with Gasteiger partial charge in [-0.3, -0.25) is 4.79 Å². The van der Waals surface area contributed by atoms with E-state index in [4.69, 9.17) is 0 Å². The summed E-state index contributed by atoms with van der Waals surface area (Å²) in [6.45, 7) is 1.94. The molecule has 4 rings (SSSR count). The van der Waals surface area contributed by atoms with Gasteiger partial charge < -0.3 is 0 Å². The fraction of sp³-hybridized carbons (Fsp3) is 0.0909. The molecule has 2 aromatic carbocycles. The van der Waals surface area contributed by atoms with Crippen LogP contribution in [0.2, 0.25) is 0 Å². The van der Waals surface area contributed by atoms with Gasteiger partial charge in [0.15, 0.2) is 5.65 Å². The molecule has 2 heterocycles. The summed E-state index contributed by atoms with van der Waals surface area (Å²) < 4.78 is 1.66. The Morgan fingerprint density at radius 2 is 1.90 bits per heavy atom. The number of hydrogen-bond donors (Lipinski definition) is 1. The number of carbonyl (C=O) groups excluding carboxylic acids is 1. The number of nitrogens with one attached hydrogen (secondary N) is 1. The number of fused-ring (bicyclic) bond motifs is 1. The molecule has 2 aromatic heterocycles. The summed E-state index contributed by atoms with van der Waals surface area (Å²) in [6, 6.07) is 19.7. The van der Waals surface area contributed by atoms with Gasteiger partial charge >= 0.3 is 0 Å². The fourth-order valence-corrected chi connectivity index (χ4v) is 3.35. The van der Waals surface area contributed by atoms with Gasteiger partial charge in [0.1, 0.15) is 5.56 Å². The zero-order valence-electron chi connectivity index (χ0n) is 16.0. The summed E-state index contributed by atoms with van der Waals surface area (Å²) in [7, 11) is 0. The first-order valence-electron chi connectivity index (χ1n) is 9.04. The van der Waals surface area contributed by atoms with E-state index in [0.29, 0.717) is 11.2 Å². The summed E-state index contributed by atoms with van der Waals surface area (Å²) >= 11 is 1.68. The quantitative estimate of drug-likeness (QED) is 0.309. The maximum absolute atomic E-state index is 12.6. The zero-order valence-corrected chi connectivity index (χ0v) is 16.9. The van der Waals surface area contributed by atoms with Gasteiger partial charge in [0.05, 0.1) is 18.1 Å². The third kappa shape index (κ3) is 4.05. The molecule has 0 aliphatic carbocycles. The first kappa shape index (κ1) is 18.9. The first-order valence-corrected chi connectivity index (χ1v) is 10.3. The molecule has 0 unspecified atom stereocenters. The number of rotatable bonds is 5. The van der Waals surface area contributed by atoms with Crippen LogP contribution < -0.4 is 5.43 Å². The van der Waals surface area contributed by atoms with Crippen LogP contribution >= 0.6 is 11.8 Å². The van der Waals surface area contributed by atoms with Crippen molar-refractivity contribution in [2.24, 2.45) is 5.10 Å². The SMILES string of the molecule is CSc1ccc(/C=N/NC(=O)c2cnn3c(C)cc(-c4ccccc4)nc23)cc1. The minimum Gasteiger partial charge on any atom is -0.267 e. The second-order valence-electron chi connectivity index (χ2n) is 6.41. The van der Waals surface area contributed by atoms with Crippen LogP contribution in [-0.2, 0) is 0 Å². The molecule has 0 radical (unpaired) electrons. The summed E-state index contributed by atoms with van der Waals surface area (Å²) in [5.41, 5.74) is 7.02. The lowest BCUT2D eigenvalue weighted by atomic mass is 10.1. The topological polar surface area (TPSA) is 71.7 Å². The van der Waals surface area contributed by atoms with E-state index >= 15 is 0 Å². The molecule has 1 N–H and O–H groups in total. The monoisotopic (exact) mass is 401 g/mol. The lowest BCUT2D eigenvalue weighted by molar-refractivity contribution is 0.0956. The second kappa shape index (κ2) is 8.28. The number of aryl methyl sites for hydroxylation is 1. The Balaban J connectivity index is 1.58. The smallest absolute Gasteiger partial charge is 0.267 e. The number of hydrazone groups is 1. The van der Waals surface area contributed by atoms with Gasteiger partial charge in [-0.05, 0) is 36.9 Å². The summed E-state index contributed by atoms with van der Waals surface area (Å²) in [5.74, 6) is -0.353. The summed E-state index contributed by atoms with van der Waals surface area (Å²) in [6.07, 6.45) is 5.16. The molecule has 144 valence electrons. The van der Waals surface area contributed by atoms with Crippen LogP contribution in [0.15, 0.2) is 76.9 Å². The maximum Gasteiger partial charge on any atom is 0.276 e. The molecule has 0 fully saturated rings. The zero-order chi connectivity index (χ0) is 20.2. The van der Waals surface area contributed by atoms with Gasteiger partial charge in [-0.2, -0.15) is 10.2 Å². The van der Waals surface area contributed by atoms with Crippen molar-refractivity contribution in [2.75, 3.05) is 6.26 Å². The Labute approximate surface area is 172 Å². The lowest BCUT2D eigenvalue weighted by Gasteiger charge is -2.05. The predicted octanol–water partition coefficient (Wildman–Crippen LogP) is 4.19. The number of amides is 1. The lowest BCUT2D eigenvalue weighted by Crippen LogP contribution is -2.17. The van der Waals surface area contributed by atoms with E-state index in [-0.39, 0.29) is 5.91 Å². The Morgan fingerprint density at radius 1 is 1.14 bits per heavy atom. The van der Waals surface area contributed by atoms with E-state index in [0.717, 1.165) is 22.5 Å². The maximum atomic E-state index is 12.6. The Kier molecular flexibility index (Phi) is 5.39. The van der Waals surface area contributed by atoms with Gasteiger partial charge in [-0.15, -0.1) is 11.8 Å². The molecular formula is C22H19N5OS. The van der Waals surface area contributed by atoms with Crippen LogP contribution in [0.5, 0.6) is 0 Å². The molecule has 0 aliphatic rings. The molecule has 0 aliphatic heterocycles. The number of carbonyl (C=O) groups is 1. The van der Waals surface area contributed by atoms with E-state index in [1.54, 1.807) is 22.5 Å². The van der Waals surface area contributed by atoms with E-state index in [9.17, 15) is 4.79 Å². The van der Waals surface area contributed by atoms with Crippen LogP contribution in [0.1, 0.15) is 21.6 Å². The Hall–Kier alpha value is -3.45. The normalized spacial score (nSPS) is 11.2. The van der Waals surface area contributed by atoms with Gasteiger partial charge in [0.25, 0.3) is 5.91 Å². The minimum atomic E-state index is -0.353. The van der Waals surface area contributed by atoms with E-state index < -0.39 is 0 Å². The van der Waals surface area contributed by atoms with Crippen LogP contribution in [0.3, 0.4) is 0 Å². The molecule has 6 nitrogen and oxygen atoms in total. The van der Waals surface area contributed by atoms with Crippen LogP contribution in [0.4, 0.5) is 0 Å². The molecule has 0 saturated carbocycles. The van der Waals surface area contributed by atoms with Crippen LogP contribution in [-0.4, -0.2) is 33.0 Å². The Bertz CT molecular complexity index is 1180. The molecule has 0 atom stereocenters. The summed E-state index contributed by atoms with van der Waals surface area (Å²) in [4.78, 5) is 18.5. The highest BCUT2D eigenvalue weighted by Gasteiger charge is 2.16. The van der Waals surface area contributed by atoms with E-state index in [1.807, 2.05) is 73.8 Å². The molecule has 0 saturated heterocycles. The average molecular weight is 401 g/mol. The van der Waals surface area contributed by atoms with Crippen molar-refractivity contribution in [1.29, 1.82) is 0 Å². The summed E-state index contributed by atoms with van der Waals surface area (Å²) in [5, 5.41) is 8.37. The van der Waals surface area contributed by atoms with Crippen LogP contribution in [0, 0.1) is 6.92 Å². The average Bonchev–Trinajstić information content (AvgIpc) is 3.19. The molecule has 7 heteroatoms. The molecule has 0 spiro atoms. The van der Waals surface area contributed by atoms with Gasteiger partial charge in [-0.25, -0.2) is 14.9 Å². The second-order valence-corrected chi connectivity index (χ2v) is 7.29. The van der Waals surface area contributed by atoms with E-state index in [2.05, 4.69) is 20.6 Å². The highest BCUT2D eigenvalue weighted by Crippen LogP contribution is 2.21. The highest BCUT2D eigenvalue weighted by atomic mass is 32.2. The predicted molar refractivity (Wildman–Crippen MR) is 116 cm³/mol. The van der Waals surface area contributed by atoms with Crippen molar-refractivity contribution in [2.45, 2.75) is 11.8 Å².